The molecule has 0 radical (unpaired) electrons. The van der Waals surface area contributed by atoms with Gasteiger partial charge in [-0.2, -0.15) is 0 Å². The Morgan fingerprint density at radius 3 is 2.30 bits per heavy atom. The van der Waals surface area contributed by atoms with Gasteiger partial charge in [-0.25, -0.2) is 4.79 Å². The summed E-state index contributed by atoms with van der Waals surface area (Å²) in [4.78, 5) is 28.5. The van der Waals surface area contributed by atoms with Gasteiger partial charge in [0.25, 0.3) is 0 Å². The molecule has 0 unspecified atom stereocenters. The van der Waals surface area contributed by atoms with E-state index in [1.165, 1.54) is 5.56 Å². The molecule has 0 atom stereocenters. The van der Waals surface area contributed by atoms with E-state index >= 15 is 0 Å². The van der Waals surface area contributed by atoms with Crippen LogP contribution in [0.5, 0.6) is 0 Å². The SMILES string of the molecule is COCCN(C)CC(=O)Nc1ccc(C2CCN(C(=O)Nc3c(Cl)cccc3Cl)CC2)cc1. The largest absolute Gasteiger partial charge is 0.383 e. The van der Waals surface area contributed by atoms with Crippen LogP contribution in [0.2, 0.25) is 10.0 Å². The summed E-state index contributed by atoms with van der Waals surface area (Å²) >= 11 is 12.3. The Morgan fingerprint density at radius 1 is 1.06 bits per heavy atom. The smallest absolute Gasteiger partial charge is 0.321 e. The molecule has 33 heavy (non-hydrogen) atoms. The Morgan fingerprint density at radius 2 is 1.70 bits per heavy atom. The van der Waals surface area contributed by atoms with Crippen molar-refractivity contribution in [2.75, 3.05) is 57.6 Å². The van der Waals surface area contributed by atoms with Crippen molar-refractivity contribution in [1.82, 2.24) is 9.80 Å². The van der Waals surface area contributed by atoms with Gasteiger partial charge >= 0.3 is 6.03 Å². The average Bonchev–Trinajstić information content (AvgIpc) is 2.80. The topological polar surface area (TPSA) is 73.9 Å². The molecule has 1 fully saturated rings. The zero-order valence-electron chi connectivity index (χ0n) is 18.9. The third kappa shape index (κ3) is 7.33. The number of hydrogen-bond acceptors (Lipinski definition) is 4. The lowest BCUT2D eigenvalue weighted by molar-refractivity contribution is -0.117. The Balaban J connectivity index is 1.47. The summed E-state index contributed by atoms with van der Waals surface area (Å²) in [6.45, 7) is 2.89. The molecular weight excluding hydrogens is 463 g/mol. The zero-order chi connectivity index (χ0) is 23.8. The van der Waals surface area contributed by atoms with Crippen LogP contribution in [0.1, 0.15) is 24.3 Å². The first kappa shape index (κ1) is 25.3. The first-order chi connectivity index (χ1) is 15.9. The predicted octanol–water partition coefficient (Wildman–Crippen LogP) is 4.92. The molecule has 1 saturated heterocycles. The Hall–Kier alpha value is -2.32. The molecule has 0 spiro atoms. The molecule has 2 aromatic carbocycles. The van der Waals surface area contributed by atoms with Crippen molar-refractivity contribution >= 4 is 46.5 Å². The number of ether oxygens (including phenoxy) is 1. The summed E-state index contributed by atoms with van der Waals surface area (Å²) in [6, 6.07) is 12.9. The highest BCUT2D eigenvalue weighted by Crippen LogP contribution is 2.32. The molecule has 0 aromatic heterocycles. The number of amides is 3. The average molecular weight is 493 g/mol. The van der Waals surface area contributed by atoms with E-state index in [1.807, 2.05) is 36.2 Å². The molecule has 1 heterocycles. The minimum Gasteiger partial charge on any atom is -0.383 e. The van der Waals surface area contributed by atoms with Gasteiger partial charge in [-0.3, -0.25) is 9.69 Å². The van der Waals surface area contributed by atoms with Gasteiger partial charge in [-0.05, 0) is 55.6 Å². The maximum Gasteiger partial charge on any atom is 0.321 e. The van der Waals surface area contributed by atoms with Gasteiger partial charge in [0.2, 0.25) is 5.91 Å². The van der Waals surface area contributed by atoms with E-state index in [0.717, 1.165) is 18.5 Å². The number of rotatable bonds is 8. The third-order valence-electron chi connectivity index (χ3n) is 5.73. The fourth-order valence-corrected chi connectivity index (χ4v) is 4.32. The van der Waals surface area contributed by atoms with Crippen molar-refractivity contribution in [3.05, 3.63) is 58.1 Å². The van der Waals surface area contributed by atoms with E-state index in [9.17, 15) is 9.59 Å². The fraction of sp³-hybridized carbons (Fsp3) is 0.417. The fourth-order valence-electron chi connectivity index (χ4n) is 3.83. The Bertz CT molecular complexity index is 927. The zero-order valence-corrected chi connectivity index (χ0v) is 20.5. The molecule has 1 aliphatic rings. The summed E-state index contributed by atoms with van der Waals surface area (Å²) in [5, 5.41) is 6.59. The van der Waals surface area contributed by atoms with E-state index in [4.69, 9.17) is 27.9 Å². The van der Waals surface area contributed by atoms with Gasteiger partial charge in [-0.15, -0.1) is 0 Å². The van der Waals surface area contributed by atoms with E-state index in [0.29, 0.717) is 54.4 Å². The molecule has 3 rings (SSSR count). The van der Waals surface area contributed by atoms with Crippen molar-refractivity contribution in [3.8, 4) is 0 Å². The van der Waals surface area contributed by atoms with Crippen LogP contribution in [0.3, 0.4) is 0 Å². The number of piperidine rings is 1. The number of carbonyl (C=O) groups is 2. The number of anilines is 2. The monoisotopic (exact) mass is 492 g/mol. The highest BCUT2D eigenvalue weighted by molar-refractivity contribution is 6.39. The van der Waals surface area contributed by atoms with Crippen LogP contribution < -0.4 is 10.6 Å². The molecule has 9 heteroatoms. The second-order valence-corrected chi connectivity index (χ2v) is 9.00. The minimum absolute atomic E-state index is 0.0562. The lowest BCUT2D eigenvalue weighted by atomic mass is 9.89. The van der Waals surface area contributed by atoms with E-state index in [2.05, 4.69) is 10.6 Å². The molecular formula is C24H30Cl2N4O3. The number of hydrogen-bond donors (Lipinski definition) is 2. The third-order valence-corrected chi connectivity index (χ3v) is 6.36. The van der Waals surface area contributed by atoms with E-state index in [1.54, 1.807) is 30.2 Å². The Labute approximate surface area is 205 Å². The number of likely N-dealkylation sites (N-methyl/N-ethyl adjacent to an activating group) is 1. The van der Waals surface area contributed by atoms with E-state index < -0.39 is 0 Å². The quantitative estimate of drug-likeness (QED) is 0.548. The first-order valence-electron chi connectivity index (χ1n) is 10.9. The van der Waals surface area contributed by atoms with Gasteiger partial charge in [0.15, 0.2) is 0 Å². The second kappa shape index (κ2) is 12.2. The van der Waals surface area contributed by atoms with Crippen LogP contribution in [-0.2, 0) is 9.53 Å². The maximum absolute atomic E-state index is 12.6. The number of likely N-dealkylation sites (tertiary alicyclic amines) is 1. The molecule has 1 aliphatic heterocycles. The first-order valence-corrected chi connectivity index (χ1v) is 11.7. The van der Waals surface area contributed by atoms with Crippen LogP contribution in [0.25, 0.3) is 0 Å². The Kier molecular flexibility index (Phi) is 9.38. The molecule has 178 valence electrons. The number of urea groups is 1. The van der Waals surface area contributed by atoms with Crippen molar-refractivity contribution in [3.63, 3.8) is 0 Å². The van der Waals surface area contributed by atoms with Gasteiger partial charge in [0.05, 0.1) is 28.9 Å². The van der Waals surface area contributed by atoms with Crippen molar-refractivity contribution in [2.45, 2.75) is 18.8 Å². The van der Waals surface area contributed by atoms with Crippen LogP contribution >= 0.6 is 23.2 Å². The number of para-hydroxylation sites is 1. The summed E-state index contributed by atoms with van der Waals surface area (Å²) in [5.41, 5.74) is 2.42. The number of benzene rings is 2. The summed E-state index contributed by atoms with van der Waals surface area (Å²) < 4.78 is 5.03. The minimum atomic E-state index is -0.197. The van der Waals surface area contributed by atoms with Crippen LogP contribution in [0.15, 0.2) is 42.5 Å². The number of carbonyl (C=O) groups excluding carboxylic acids is 2. The number of nitrogens with zero attached hydrogens (tertiary/aromatic N) is 2. The predicted molar refractivity (Wildman–Crippen MR) is 133 cm³/mol. The standard InChI is InChI=1S/C24H30Cl2N4O3/c1-29(14-15-33-2)16-22(31)27-19-8-6-17(7-9-19)18-10-12-30(13-11-18)24(32)28-23-20(25)4-3-5-21(23)26/h3-9,18H,10-16H2,1-2H3,(H,27,31)(H,28,32). The maximum atomic E-state index is 12.6. The van der Waals surface area contributed by atoms with Gasteiger partial charge < -0.3 is 20.3 Å². The van der Waals surface area contributed by atoms with Gasteiger partial charge in [0.1, 0.15) is 0 Å². The number of halogens is 2. The molecule has 7 nitrogen and oxygen atoms in total. The molecule has 3 amide bonds. The molecule has 0 aliphatic carbocycles. The van der Waals surface area contributed by atoms with Crippen LogP contribution in [-0.4, -0.2) is 68.7 Å². The lowest BCUT2D eigenvalue weighted by Crippen LogP contribution is -2.40. The van der Waals surface area contributed by atoms with Crippen molar-refractivity contribution < 1.29 is 14.3 Å². The second-order valence-electron chi connectivity index (χ2n) is 8.19. The van der Waals surface area contributed by atoms with Gasteiger partial charge in [0, 0.05) is 32.4 Å². The number of nitrogens with one attached hydrogen (secondary N) is 2. The highest BCUT2D eigenvalue weighted by Gasteiger charge is 2.24. The van der Waals surface area contributed by atoms with Crippen molar-refractivity contribution in [2.24, 2.45) is 0 Å². The van der Waals surface area contributed by atoms with Gasteiger partial charge in [-0.1, -0.05) is 41.4 Å². The summed E-state index contributed by atoms with van der Waals surface area (Å²) in [7, 11) is 3.53. The van der Waals surface area contributed by atoms with Crippen LogP contribution in [0.4, 0.5) is 16.2 Å². The summed E-state index contributed by atoms with van der Waals surface area (Å²) in [6.07, 6.45) is 1.72. The highest BCUT2D eigenvalue weighted by atomic mass is 35.5. The van der Waals surface area contributed by atoms with E-state index in [-0.39, 0.29) is 11.9 Å². The molecule has 2 aromatic rings. The molecule has 0 bridgehead atoms. The van der Waals surface area contributed by atoms with Crippen LogP contribution in [0, 0.1) is 0 Å². The molecule has 2 N–H and O–H groups in total. The normalized spacial score (nSPS) is 14.4. The number of methoxy groups -OCH3 is 1. The van der Waals surface area contributed by atoms with Crippen molar-refractivity contribution in [1.29, 1.82) is 0 Å². The summed E-state index contributed by atoms with van der Waals surface area (Å²) in [5.74, 6) is 0.308. The lowest BCUT2D eigenvalue weighted by Gasteiger charge is -2.32. The molecule has 0 saturated carbocycles.